The van der Waals surface area contributed by atoms with E-state index in [1.807, 2.05) is 42.5 Å². The maximum atomic E-state index is 11.7. The number of rotatable bonds is 5. The minimum atomic E-state index is -0.0493. The smallest absolute Gasteiger partial charge is 0.236 e. The van der Waals surface area contributed by atoms with Crippen molar-refractivity contribution in [1.82, 2.24) is 19.7 Å². The van der Waals surface area contributed by atoms with Crippen molar-refractivity contribution < 1.29 is 4.79 Å². The molecule has 172 valence electrons. The molecule has 0 radical (unpaired) electrons. The summed E-state index contributed by atoms with van der Waals surface area (Å²) in [5.41, 5.74) is 4.97. The van der Waals surface area contributed by atoms with E-state index >= 15 is 0 Å². The number of aliphatic imine (C=N–C) groups is 1. The Morgan fingerprint density at radius 1 is 1.00 bits per heavy atom. The second-order valence-corrected chi connectivity index (χ2v) is 9.61. The van der Waals surface area contributed by atoms with Crippen molar-refractivity contribution in [2.24, 2.45) is 4.99 Å². The van der Waals surface area contributed by atoms with Crippen LogP contribution in [0.4, 0.5) is 5.82 Å². The molecule has 1 N–H and O–H groups in total. The highest BCUT2D eigenvalue weighted by molar-refractivity contribution is 8.15. The van der Waals surface area contributed by atoms with Crippen LogP contribution in [0, 0.1) is 0 Å². The van der Waals surface area contributed by atoms with E-state index in [0.29, 0.717) is 21.8 Å². The normalized spacial score (nSPS) is 14.7. The fraction of sp³-hybridized carbons (Fsp3) is 0.0741. The first-order valence-electron chi connectivity index (χ1n) is 11.1. The molecule has 1 aliphatic heterocycles. The highest BCUT2D eigenvalue weighted by Crippen LogP contribution is 2.34. The van der Waals surface area contributed by atoms with Gasteiger partial charge in [0.15, 0.2) is 11.0 Å². The summed E-state index contributed by atoms with van der Waals surface area (Å²) in [4.78, 5) is 16.4. The zero-order valence-corrected chi connectivity index (χ0v) is 20.1. The SMILES string of the molecule is O=C1CSC(=Nc2cc(-c3cn(Cc4ccccc4)c4ccccc34)nn2-c2cccc(Cl)c2)N1. The molecule has 35 heavy (non-hydrogen) atoms. The Morgan fingerprint density at radius 2 is 1.83 bits per heavy atom. The van der Waals surface area contributed by atoms with E-state index in [9.17, 15) is 4.79 Å². The zero-order valence-electron chi connectivity index (χ0n) is 18.6. The number of amides is 1. The van der Waals surface area contributed by atoms with Crippen molar-refractivity contribution in [2.45, 2.75) is 6.54 Å². The maximum Gasteiger partial charge on any atom is 0.236 e. The van der Waals surface area contributed by atoms with Gasteiger partial charge in [0, 0.05) is 40.3 Å². The Balaban J connectivity index is 1.49. The number of hydrogen-bond acceptors (Lipinski definition) is 4. The summed E-state index contributed by atoms with van der Waals surface area (Å²) in [6, 6.07) is 28.2. The van der Waals surface area contributed by atoms with Gasteiger partial charge in [-0.2, -0.15) is 5.10 Å². The van der Waals surface area contributed by atoms with Gasteiger partial charge in [-0.15, -0.1) is 0 Å². The number of halogens is 1. The minimum absolute atomic E-state index is 0.0493. The van der Waals surface area contributed by atoms with Gasteiger partial charge in [0.05, 0.1) is 17.1 Å². The summed E-state index contributed by atoms with van der Waals surface area (Å²) in [6.45, 7) is 0.758. The molecule has 1 saturated heterocycles. The third kappa shape index (κ3) is 4.36. The summed E-state index contributed by atoms with van der Waals surface area (Å²) in [7, 11) is 0. The quantitative estimate of drug-likeness (QED) is 0.321. The molecule has 2 aromatic heterocycles. The molecule has 0 aliphatic carbocycles. The largest absolute Gasteiger partial charge is 0.342 e. The predicted molar refractivity (Wildman–Crippen MR) is 143 cm³/mol. The number of carbonyl (C=O) groups excluding carboxylic acids is 1. The summed E-state index contributed by atoms with van der Waals surface area (Å²) >= 11 is 7.66. The molecular weight excluding hydrogens is 478 g/mol. The average Bonchev–Trinajstić information content (AvgIpc) is 3.57. The monoisotopic (exact) mass is 497 g/mol. The first kappa shape index (κ1) is 21.7. The number of aromatic nitrogens is 3. The molecule has 3 aromatic carbocycles. The topological polar surface area (TPSA) is 64.2 Å². The molecular formula is C27H20ClN5OS. The van der Waals surface area contributed by atoms with Crippen LogP contribution in [-0.2, 0) is 11.3 Å². The van der Waals surface area contributed by atoms with E-state index in [-0.39, 0.29) is 5.91 Å². The lowest BCUT2D eigenvalue weighted by atomic mass is 10.1. The second kappa shape index (κ2) is 9.09. The van der Waals surface area contributed by atoms with E-state index in [0.717, 1.165) is 34.4 Å². The van der Waals surface area contributed by atoms with Crippen LogP contribution in [0.5, 0.6) is 0 Å². The second-order valence-electron chi connectivity index (χ2n) is 8.21. The third-order valence-electron chi connectivity index (χ3n) is 5.81. The van der Waals surface area contributed by atoms with E-state index < -0.39 is 0 Å². The fourth-order valence-corrected chi connectivity index (χ4v) is 5.10. The molecule has 1 fully saturated rings. The van der Waals surface area contributed by atoms with Crippen LogP contribution in [0.1, 0.15) is 5.56 Å². The number of para-hydroxylation sites is 1. The number of thioether (sulfide) groups is 1. The Morgan fingerprint density at radius 3 is 2.63 bits per heavy atom. The Bertz CT molecular complexity index is 1590. The van der Waals surface area contributed by atoms with Gasteiger partial charge in [-0.05, 0) is 29.8 Å². The van der Waals surface area contributed by atoms with E-state index in [1.54, 1.807) is 4.68 Å². The Hall–Kier alpha value is -3.81. The molecule has 0 atom stereocenters. The van der Waals surface area contributed by atoms with E-state index in [1.165, 1.54) is 17.3 Å². The Kier molecular flexibility index (Phi) is 5.64. The van der Waals surface area contributed by atoms with Gasteiger partial charge in [0.25, 0.3) is 0 Å². The zero-order chi connectivity index (χ0) is 23.8. The van der Waals surface area contributed by atoms with Crippen molar-refractivity contribution in [3.63, 3.8) is 0 Å². The molecule has 0 unspecified atom stereocenters. The van der Waals surface area contributed by atoms with Crippen molar-refractivity contribution in [2.75, 3.05) is 5.75 Å². The van der Waals surface area contributed by atoms with Gasteiger partial charge in [-0.25, -0.2) is 9.67 Å². The summed E-state index contributed by atoms with van der Waals surface area (Å²) in [6.07, 6.45) is 2.14. The van der Waals surface area contributed by atoms with Crippen LogP contribution >= 0.6 is 23.4 Å². The van der Waals surface area contributed by atoms with Crippen LogP contribution in [0.2, 0.25) is 5.02 Å². The minimum Gasteiger partial charge on any atom is -0.342 e. The fourth-order valence-electron chi connectivity index (χ4n) is 4.23. The maximum absolute atomic E-state index is 11.7. The number of nitrogens with zero attached hydrogens (tertiary/aromatic N) is 4. The summed E-state index contributed by atoms with van der Waals surface area (Å²) < 4.78 is 4.01. The van der Waals surface area contributed by atoms with Crippen LogP contribution in [-0.4, -0.2) is 31.2 Å². The lowest BCUT2D eigenvalue weighted by Gasteiger charge is -2.05. The molecule has 6 nitrogen and oxygen atoms in total. The number of carbonyl (C=O) groups is 1. The molecule has 1 amide bonds. The Labute approximate surface area is 211 Å². The number of nitrogens with one attached hydrogen (secondary N) is 1. The molecule has 0 bridgehead atoms. The third-order valence-corrected chi connectivity index (χ3v) is 6.91. The molecule has 6 rings (SSSR count). The molecule has 5 aromatic rings. The van der Waals surface area contributed by atoms with Crippen LogP contribution in [0.25, 0.3) is 27.8 Å². The average molecular weight is 498 g/mol. The van der Waals surface area contributed by atoms with Crippen molar-refractivity contribution in [3.8, 4) is 16.9 Å². The number of fused-ring (bicyclic) bond motifs is 1. The standard InChI is InChI=1S/C27H20ClN5OS/c28-19-9-6-10-20(13-19)33-25(29-27-30-26(34)17-35-27)14-23(31-33)22-16-32(15-18-7-2-1-3-8-18)24-12-5-4-11-21(22)24/h1-14,16H,15,17H2,(H,29,30,34). The van der Waals surface area contributed by atoms with E-state index in [4.69, 9.17) is 21.7 Å². The number of benzene rings is 3. The number of hydrogen-bond donors (Lipinski definition) is 1. The van der Waals surface area contributed by atoms with Gasteiger partial charge in [0.1, 0.15) is 0 Å². The van der Waals surface area contributed by atoms with Gasteiger partial charge in [0.2, 0.25) is 5.91 Å². The predicted octanol–water partition coefficient (Wildman–Crippen LogP) is 6.05. The first-order chi connectivity index (χ1) is 17.1. The molecule has 8 heteroatoms. The van der Waals surface area contributed by atoms with Gasteiger partial charge in [-0.1, -0.05) is 78.0 Å². The molecule has 0 saturated carbocycles. The van der Waals surface area contributed by atoms with Gasteiger partial charge in [-0.3, -0.25) is 4.79 Å². The lowest BCUT2D eigenvalue weighted by Crippen LogP contribution is -2.20. The van der Waals surface area contributed by atoms with Gasteiger partial charge >= 0.3 is 0 Å². The van der Waals surface area contributed by atoms with Gasteiger partial charge < -0.3 is 9.88 Å². The molecule has 3 heterocycles. The van der Waals surface area contributed by atoms with Crippen LogP contribution < -0.4 is 5.32 Å². The first-order valence-corrected chi connectivity index (χ1v) is 12.5. The lowest BCUT2D eigenvalue weighted by molar-refractivity contribution is -0.116. The van der Waals surface area contributed by atoms with Crippen molar-refractivity contribution >= 4 is 51.2 Å². The van der Waals surface area contributed by atoms with Crippen LogP contribution in [0.15, 0.2) is 96.1 Å². The number of amidine groups is 1. The van der Waals surface area contributed by atoms with Crippen molar-refractivity contribution in [1.29, 1.82) is 0 Å². The highest BCUT2D eigenvalue weighted by atomic mass is 35.5. The van der Waals surface area contributed by atoms with E-state index in [2.05, 4.69) is 58.5 Å². The van der Waals surface area contributed by atoms with Crippen LogP contribution in [0.3, 0.4) is 0 Å². The molecule has 1 aliphatic rings. The highest BCUT2D eigenvalue weighted by Gasteiger charge is 2.20. The van der Waals surface area contributed by atoms with Crippen molar-refractivity contribution in [3.05, 3.63) is 102 Å². The summed E-state index contributed by atoms with van der Waals surface area (Å²) in [5.74, 6) is 0.933. The summed E-state index contributed by atoms with van der Waals surface area (Å²) in [5, 5.41) is 10.0. The molecule has 0 spiro atoms.